The minimum absolute atomic E-state index is 0.00556. The van der Waals surface area contributed by atoms with Crippen LogP contribution in [0.25, 0.3) is 0 Å². The van der Waals surface area contributed by atoms with E-state index in [1.165, 1.54) is 12.1 Å². The molecule has 10 heteroatoms. The summed E-state index contributed by atoms with van der Waals surface area (Å²) >= 11 is 0. The Kier molecular flexibility index (Phi) is 10.6. The van der Waals surface area contributed by atoms with Crippen LogP contribution in [0.2, 0.25) is 0 Å². The highest BCUT2D eigenvalue weighted by molar-refractivity contribution is 7.90. The molecule has 0 fully saturated rings. The van der Waals surface area contributed by atoms with Crippen LogP contribution in [0.4, 0.5) is 17.6 Å². The zero-order valence-corrected chi connectivity index (χ0v) is 24.4. The van der Waals surface area contributed by atoms with Crippen LogP contribution in [0.1, 0.15) is 40.2 Å². The van der Waals surface area contributed by atoms with Gasteiger partial charge >= 0.3 is 6.18 Å². The number of benzene rings is 4. The van der Waals surface area contributed by atoms with Gasteiger partial charge in [0.05, 0.1) is 23.7 Å². The lowest BCUT2D eigenvalue weighted by Crippen LogP contribution is -2.31. The van der Waals surface area contributed by atoms with E-state index in [0.29, 0.717) is 25.1 Å². The fourth-order valence-electron chi connectivity index (χ4n) is 5.00. The van der Waals surface area contributed by atoms with Gasteiger partial charge in [0.25, 0.3) is 0 Å². The van der Waals surface area contributed by atoms with Crippen molar-refractivity contribution in [2.75, 3.05) is 26.0 Å². The quantitative estimate of drug-likeness (QED) is 0.132. The molecule has 0 spiro atoms. The molecule has 0 aliphatic carbocycles. The number of hydrogen-bond donors (Lipinski definition) is 1. The highest BCUT2D eigenvalue weighted by Gasteiger charge is 2.30. The van der Waals surface area contributed by atoms with Crippen molar-refractivity contribution < 1.29 is 35.8 Å². The summed E-state index contributed by atoms with van der Waals surface area (Å²) in [6.07, 6.45) is -3.12. The van der Waals surface area contributed by atoms with Gasteiger partial charge < -0.3 is 9.84 Å². The van der Waals surface area contributed by atoms with Crippen molar-refractivity contribution in [3.05, 3.63) is 131 Å². The molecule has 0 saturated carbocycles. The molecule has 5 nitrogen and oxygen atoms in total. The molecule has 0 bridgehead atoms. The maximum Gasteiger partial charge on any atom is 0.416 e. The summed E-state index contributed by atoms with van der Waals surface area (Å²) < 4.78 is 84.8. The lowest BCUT2D eigenvalue weighted by atomic mass is 9.90. The number of aliphatic hydroxyl groups excluding tert-OH is 1. The fourth-order valence-corrected chi connectivity index (χ4v) is 5.94. The summed E-state index contributed by atoms with van der Waals surface area (Å²) in [6, 6.07) is 27.2. The highest BCUT2D eigenvalue weighted by atomic mass is 32.2. The maximum absolute atomic E-state index is 14.5. The summed E-state index contributed by atoms with van der Waals surface area (Å²) in [7, 11) is -3.82. The average Bonchev–Trinajstić information content (AvgIpc) is 2.97. The van der Waals surface area contributed by atoms with Gasteiger partial charge in [0.1, 0.15) is 11.6 Å². The summed E-state index contributed by atoms with van der Waals surface area (Å²) in [5.41, 5.74) is 1.59. The van der Waals surface area contributed by atoms with Crippen LogP contribution in [0.3, 0.4) is 0 Å². The van der Waals surface area contributed by atoms with Crippen LogP contribution in [0, 0.1) is 5.82 Å². The minimum Gasteiger partial charge on any atom is -0.493 e. The van der Waals surface area contributed by atoms with Gasteiger partial charge in [0.15, 0.2) is 9.84 Å². The monoisotopic (exact) mass is 615 g/mol. The van der Waals surface area contributed by atoms with E-state index in [2.05, 4.69) is 4.90 Å². The molecule has 0 heterocycles. The predicted molar refractivity (Wildman–Crippen MR) is 157 cm³/mol. The third kappa shape index (κ3) is 8.89. The Bertz CT molecular complexity index is 1560. The molecule has 0 aliphatic rings. The smallest absolute Gasteiger partial charge is 0.416 e. The van der Waals surface area contributed by atoms with Crippen molar-refractivity contribution in [3.8, 4) is 5.75 Å². The second-order valence-corrected chi connectivity index (χ2v) is 12.3. The molecule has 228 valence electrons. The standard InChI is InChI=1S/C33H33F4NO4S/c1-43(40,41)32-20-28(19-31(34)30(32)23-39)42-17-9-16-38(21-24-10-8-15-27(18-24)33(35,36)37)22-29(25-11-4-2-5-12-25)26-13-6-3-7-14-26/h2-8,10-15,18-20,29,39H,9,16-17,21-23H2,1H3. The summed E-state index contributed by atoms with van der Waals surface area (Å²) in [4.78, 5) is 1.71. The van der Waals surface area contributed by atoms with E-state index in [1.807, 2.05) is 60.7 Å². The molecule has 0 atom stereocenters. The first-order valence-corrected chi connectivity index (χ1v) is 15.6. The summed E-state index contributed by atoms with van der Waals surface area (Å²) in [6.45, 7) is 0.508. The molecule has 0 aromatic heterocycles. The Labute approximate surface area is 249 Å². The number of nitrogens with zero attached hydrogens (tertiary/aromatic N) is 1. The maximum atomic E-state index is 14.5. The highest BCUT2D eigenvalue weighted by Crippen LogP contribution is 2.31. The van der Waals surface area contributed by atoms with E-state index in [-0.39, 0.29) is 35.3 Å². The van der Waals surface area contributed by atoms with Gasteiger partial charge in [0, 0.05) is 43.4 Å². The van der Waals surface area contributed by atoms with Gasteiger partial charge in [-0.15, -0.1) is 0 Å². The van der Waals surface area contributed by atoms with E-state index in [9.17, 15) is 31.1 Å². The number of sulfone groups is 1. The van der Waals surface area contributed by atoms with Crippen molar-refractivity contribution in [1.29, 1.82) is 0 Å². The second kappa shape index (κ2) is 14.2. The number of alkyl halides is 3. The molecule has 1 N–H and O–H groups in total. The third-order valence-corrected chi connectivity index (χ3v) is 8.24. The molecule has 0 aliphatic heterocycles. The topological polar surface area (TPSA) is 66.8 Å². The number of rotatable bonds is 13. The van der Waals surface area contributed by atoms with Gasteiger partial charge in [-0.05, 0) is 35.2 Å². The largest absolute Gasteiger partial charge is 0.493 e. The van der Waals surface area contributed by atoms with Crippen molar-refractivity contribution in [2.24, 2.45) is 0 Å². The van der Waals surface area contributed by atoms with Gasteiger partial charge in [-0.1, -0.05) is 78.9 Å². The van der Waals surface area contributed by atoms with Gasteiger partial charge in [-0.2, -0.15) is 13.2 Å². The number of halogens is 4. The average molecular weight is 616 g/mol. The lowest BCUT2D eigenvalue weighted by Gasteiger charge is -2.29. The van der Waals surface area contributed by atoms with Crippen LogP contribution in [0.5, 0.6) is 5.75 Å². The zero-order valence-electron chi connectivity index (χ0n) is 23.6. The zero-order chi connectivity index (χ0) is 31.0. The molecular weight excluding hydrogens is 582 g/mol. The van der Waals surface area contributed by atoms with Crippen LogP contribution >= 0.6 is 0 Å². The molecule has 4 aromatic carbocycles. The Morgan fingerprint density at radius 3 is 2.07 bits per heavy atom. The van der Waals surface area contributed by atoms with E-state index in [0.717, 1.165) is 35.6 Å². The fraction of sp³-hybridized carbons (Fsp3) is 0.273. The first kappa shape index (κ1) is 32.2. The second-order valence-electron chi connectivity index (χ2n) is 10.3. The van der Waals surface area contributed by atoms with Gasteiger partial charge in [0.2, 0.25) is 0 Å². The summed E-state index contributed by atoms with van der Waals surface area (Å²) in [5.74, 6) is -0.947. The number of hydrogen-bond acceptors (Lipinski definition) is 5. The Balaban J connectivity index is 1.55. The van der Waals surface area contributed by atoms with Crippen LogP contribution < -0.4 is 4.74 Å². The predicted octanol–water partition coefficient (Wildman–Crippen LogP) is 6.84. The van der Waals surface area contributed by atoms with E-state index >= 15 is 0 Å². The molecule has 0 amide bonds. The normalized spacial score (nSPS) is 12.2. The van der Waals surface area contributed by atoms with Gasteiger partial charge in [-0.25, -0.2) is 12.8 Å². The molecule has 4 rings (SSSR count). The van der Waals surface area contributed by atoms with Crippen LogP contribution in [0.15, 0.2) is 102 Å². The molecule has 0 saturated heterocycles. The first-order chi connectivity index (χ1) is 20.5. The third-order valence-electron chi connectivity index (χ3n) is 7.08. The Morgan fingerprint density at radius 2 is 1.51 bits per heavy atom. The minimum atomic E-state index is -4.46. The molecule has 4 aromatic rings. The van der Waals surface area contributed by atoms with E-state index in [4.69, 9.17) is 4.74 Å². The van der Waals surface area contributed by atoms with E-state index < -0.39 is 34.0 Å². The number of ether oxygens (including phenoxy) is 1. The molecular formula is C33H33F4NO4S. The SMILES string of the molecule is CS(=O)(=O)c1cc(OCCCN(Cc2cccc(C(F)(F)F)c2)CC(c2ccccc2)c2ccccc2)cc(F)c1CO. The molecule has 43 heavy (non-hydrogen) atoms. The van der Waals surface area contributed by atoms with Crippen LogP contribution in [-0.4, -0.2) is 44.4 Å². The molecule has 0 unspecified atom stereocenters. The van der Waals surface area contributed by atoms with Crippen molar-refractivity contribution in [3.63, 3.8) is 0 Å². The van der Waals surface area contributed by atoms with Gasteiger partial charge in [-0.3, -0.25) is 4.90 Å². The van der Waals surface area contributed by atoms with Crippen molar-refractivity contribution in [1.82, 2.24) is 4.90 Å². The van der Waals surface area contributed by atoms with Crippen LogP contribution in [-0.2, 0) is 29.2 Å². The molecule has 0 radical (unpaired) electrons. The number of aliphatic hydroxyl groups is 1. The van der Waals surface area contributed by atoms with Crippen molar-refractivity contribution >= 4 is 9.84 Å². The van der Waals surface area contributed by atoms with E-state index in [1.54, 1.807) is 6.07 Å². The Morgan fingerprint density at radius 1 is 0.884 bits per heavy atom. The Hall–Kier alpha value is -3.73. The van der Waals surface area contributed by atoms with Crippen molar-refractivity contribution in [2.45, 2.75) is 36.6 Å². The summed E-state index contributed by atoms with van der Waals surface area (Å²) in [5, 5.41) is 9.43. The lowest BCUT2D eigenvalue weighted by molar-refractivity contribution is -0.137. The first-order valence-electron chi connectivity index (χ1n) is 13.7.